The lowest BCUT2D eigenvalue weighted by molar-refractivity contribution is 0.0953. The molecule has 5 heteroatoms. The third-order valence-corrected chi connectivity index (χ3v) is 2.62. The Morgan fingerprint density at radius 1 is 1.50 bits per heavy atom. The molecule has 94 valence electrons. The molecule has 0 bridgehead atoms. The maximum absolute atomic E-state index is 11.8. The SMILES string of the molecule is Cc1cnc(CCNC(=O)c2cccc(Cl)c2)o1. The fourth-order valence-corrected chi connectivity index (χ4v) is 1.72. The highest BCUT2D eigenvalue weighted by molar-refractivity contribution is 6.30. The van der Waals surface area contributed by atoms with Crippen molar-refractivity contribution in [2.45, 2.75) is 13.3 Å². The molecule has 18 heavy (non-hydrogen) atoms. The minimum atomic E-state index is -0.152. The van der Waals surface area contributed by atoms with Gasteiger partial charge in [0.1, 0.15) is 5.76 Å². The van der Waals surface area contributed by atoms with Crippen LogP contribution in [0.1, 0.15) is 22.0 Å². The van der Waals surface area contributed by atoms with E-state index in [1.165, 1.54) is 0 Å². The predicted molar refractivity (Wildman–Crippen MR) is 68.7 cm³/mol. The molecule has 2 aromatic rings. The fraction of sp³-hybridized carbons (Fsp3) is 0.231. The second-order valence-electron chi connectivity index (χ2n) is 3.88. The summed E-state index contributed by atoms with van der Waals surface area (Å²) >= 11 is 5.82. The summed E-state index contributed by atoms with van der Waals surface area (Å²) < 4.78 is 5.31. The van der Waals surface area contributed by atoms with E-state index in [1.807, 2.05) is 6.92 Å². The molecule has 4 nitrogen and oxygen atoms in total. The molecule has 0 aliphatic heterocycles. The fourth-order valence-electron chi connectivity index (χ4n) is 1.53. The summed E-state index contributed by atoms with van der Waals surface area (Å²) in [4.78, 5) is 15.8. The first-order valence-corrected chi connectivity index (χ1v) is 5.98. The van der Waals surface area contributed by atoms with E-state index in [2.05, 4.69) is 10.3 Å². The molecule has 2 rings (SSSR count). The predicted octanol–water partition coefficient (Wildman–Crippen LogP) is 2.61. The van der Waals surface area contributed by atoms with Crippen LogP contribution >= 0.6 is 11.6 Å². The Morgan fingerprint density at radius 2 is 2.33 bits per heavy atom. The molecular formula is C13H13ClN2O2. The number of nitrogens with zero attached hydrogens (tertiary/aromatic N) is 1. The van der Waals surface area contributed by atoms with Gasteiger partial charge in [0.25, 0.3) is 5.91 Å². The summed E-state index contributed by atoms with van der Waals surface area (Å²) in [7, 11) is 0. The van der Waals surface area contributed by atoms with Gasteiger partial charge >= 0.3 is 0 Å². The second kappa shape index (κ2) is 5.69. The van der Waals surface area contributed by atoms with Gasteiger partial charge in [0.15, 0.2) is 5.89 Å². The van der Waals surface area contributed by atoms with Gasteiger partial charge in [-0.05, 0) is 25.1 Å². The zero-order chi connectivity index (χ0) is 13.0. The molecule has 0 atom stereocenters. The minimum absolute atomic E-state index is 0.152. The number of hydrogen-bond acceptors (Lipinski definition) is 3. The monoisotopic (exact) mass is 264 g/mol. The topological polar surface area (TPSA) is 55.1 Å². The number of halogens is 1. The van der Waals surface area contributed by atoms with E-state index < -0.39 is 0 Å². The lowest BCUT2D eigenvalue weighted by atomic mass is 10.2. The zero-order valence-corrected chi connectivity index (χ0v) is 10.7. The number of aromatic nitrogens is 1. The first kappa shape index (κ1) is 12.6. The lowest BCUT2D eigenvalue weighted by Crippen LogP contribution is -2.25. The lowest BCUT2D eigenvalue weighted by Gasteiger charge is -2.03. The third-order valence-electron chi connectivity index (χ3n) is 2.38. The first-order valence-electron chi connectivity index (χ1n) is 5.60. The van der Waals surface area contributed by atoms with Gasteiger partial charge in [-0.15, -0.1) is 0 Å². The normalized spacial score (nSPS) is 10.3. The van der Waals surface area contributed by atoms with Crippen molar-refractivity contribution in [2.24, 2.45) is 0 Å². The number of benzene rings is 1. The summed E-state index contributed by atoms with van der Waals surface area (Å²) in [5, 5.41) is 3.33. The molecule has 0 saturated heterocycles. The van der Waals surface area contributed by atoms with Crippen LogP contribution in [0.4, 0.5) is 0 Å². The first-order chi connectivity index (χ1) is 8.65. The van der Waals surface area contributed by atoms with E-state index in [1.54, 1.807) is 30.5 Å². The molecule has 0 fully saturated rings. The van der Waals surface area contributed by atoms with Crippen molar-refractivity contribution in [3.63, 3.8) is 0 Å². The van der Waals surface area contributed by atoms with E-state index in [9.17, 15) is 4.79 Å². The Bertz CT molecular complexity index is 551. The van der Waals surface area contributed by atoms with Crippen LogP contribution in [-0.4, -0.2) is 17.4 Å². The molecule has 0 spiro atoms. The van der Waals surface area contributed by atoms with E-state index >= 15 is 0 Å². The third kappa shape index (κ3) is 3.34. The molecule has 0 aliphatic rings. The summed E-state index contributed by atoms with van der Waals surface area (Å²) in [5.41, 5.74) is 0.547. The highest BCUT2D eigenvalue weighted by atomic mass is 35.5. The van der Waals surface area contributed by atoms with Crippen molar-refractivity contribution in [1.29, 1.82) is 0 Å². The van der Waals surface area contributed by atoms with Gasteiger partial charge in [0.05, 0.1) is 6.20 Å². The molecule has 0 radical (unpaired) electrons. The van der Waals surface area contributed by atoms with Crippen LogP contribution in [0.5, 0.6) is 0 Å². The van der Waals surface area contributed by atoms with Gasteiger partial charge in [-0.1, -0.05) is 17.7 Å². The van der Waals surface area contributed by atoms with Crippen molar-refractivity contribution < 1.29 is 9.21 Å². The van der Waals surface area contributed by atoms with Gasteiger partial charge in [0.2, 0.25) is 0 Å². The highest BCUT2D eigenvalue weighted by Crippen LogP contribution is 2.10. The standard InChI is InChI=1S/C13H13ClN2O2/c1-9-8-16-12(18-9)5-6-15-13(17)10-3-2-4-11(14)7-10/h2-4,7-8H,5-6H2,1H3,(H,15,17). The van der Waals surface area contributed by atoms with Crippen molar-refractivity contribution in [2.75, 3.05) is 6.54 Å². The van der Waals surface area contributed by atoms with Crippen LogP contribution in [-0.2, 0) is 6.42 Å². The minimum Gasteiger partial charge on any atom is -0.446 e. The largest absolute Gasteiger partial charge is 0.446 e. The van der Waals surface area contributed by atoms with Crippen molar-refractivity contribution in [3.05, 3.63) is 52.7 Å². The van der Waals surface area contributed by atoms with Gasteiger partial charge < -0.3 is 9.73 Å². The van der Waals surface area contributed by atoms with Gasteiger partial charge in [-0.3, -0.25) is 4.79 Å². The van der Waals surface area contributed by atoms with E-state index in [0.29, 0.717) is 29.4 Å². The molecule has 1 amide bonds. The molecule has 1 aromatic heterocycles. The number of carbonyl (C=O) groups excluding carboxylic acids is 1. The molecule has 1 heterocycles. The summed E-state index contributed by atoms with van der Waals surface area (Å²) in [5.74, 6) is 1.24. The van der Waals surface area contributed by atoms with Crippen LogP contribution in [0.2, 0.25) is 5.02 Å². The second-order valence-corrected chi connectivity index (χ2v) is 4.32. The molecule has 1 N–H and O–H groups in total. The molecule has 1 aromatic carbocycles. The van der Waals surface area contributed by atoms with Crippen LogP contribution in [0.3, 0.4) is 0 Å². The van der Waals surface area contributed by atoms with Crippen molar-refractivity contribution >= 4 is 17.5 Å². The van der Waals surface area contributed by atoms with Crippen molar-refractivity contribution in [1.82, 2.24) is 10.3 Å². The number of aryl methyl sites for hydroxylation is 1. The van der Waals surface area contributed by atoms with Gasteiger partial charge in [0, 0.05) is 23.6 Å². The quantitative estimate of drug-likeness (QED) is 0.924. The summed E-state index contributed by atoms with van der Waals surface area (Å²) in [6.07, 6.45) is 2.23. The van der Waals surface area contributed by atoms with Gasteiger partial charge in [-0.25, -0.2) is 4.98 Å². The Kier molecular flexibility index (Phi) is 3.99. The zero-order valence-electron chi connectivity index (χ0n) is 9.94. The van der Waals surface area contributed by atoms with Crippen LogP contribution in [0, 0.1) is 6.92 Å². The Hall–Kier alpha value is -1.81. The Morgan fingerprint density at radius 3 is 3.00 bits per heavy atom. The maximum atomic E-state index is 11.8. The summed E-state index contributed by atoms with van der Waals surface area (Å²) in [6.45, 7) is 2.31. The summed E-state index contributed by atoms with van der Waals surface area (Å²) in [6, 6.07) is 6.82. The number of rotatable bonds is 4. The Balaban J connectivity index is 1.85. The number of amides is 1. The maximum Gasteiger partial charge on any atom is 0.251 e. The molecular weight excluding hydrogens is 252 g/mol. The molecule has 0 unspecified atom stereocenters. The van der Waals surface area contributed by atoms with Gasteiger partial charge in [-0.2, -0.15) is 0 Å². The average Bonchev–Trinajstić information content (AvgIpc) is 2.75. The highest BCUT2D eigenvalue weighted by Gasteiger charge is 2.06. The van der Waals surface area contributed by atoms with Crippen LogP contribution in [0.15, 0.2) is 34.9 Å². The number of carbonyl (C=O) groups is 1. The Labute approximate surface area is 110 Å². The van der Waals surface area contributed by atoms with Crippen LogP contribution < -0.4 is 5.32 Å². The van der Waals surface area contributed by atoms with Crippen molar-refractivity contribution in [3.8, 4) is 0 Å². The molecule has 0 saturated carbocycles. The number of hydrogen-bond donors (Lipinski definition) is 1. The van der Waals surface area contributed by atoms with E-state index in [4.69, 9.17) is 16.0 Å². The molecule has 0 aliphatic carbocycles. The smallest absolute Gasteiger partial charge is 0.251 e. The average molecular weight is 265 g/mol. The van der Waals surface area contributed by atoms with E-state index in [-0.39, 0.29) is 5.91 Å². The number of nitrogens with one attached hydrogen (secondary N) is 1. The number of oxazole rings is 1. The van der Waals surface area contributed by atoms with E-state index in [0.717, 1.165) is 5.76 Å². The van der Waals surface area contributed by atoms with Crippen LogP contribution in [0.25, 0.3) is 0 Å².